The summed E-state index contributed by atoms with van der Waals surface area (Å²) in [5.41, 5.74) is -0.360. The lowest BCUT2D eigenvalue weighted by Crippen LogP contribution is -2.14. The summed E-state index contributed by atoms with van der Waals surface area (Å²) in [5.74, 6) is -3.02. The Morgan fingerprint density at radius 3 is 2.67 bits per heavy atom. The first-order chi connectivity index (χ1) is 6.97. The minimum atomic E-state index is -1.80. The van der Waals surface area contributed by atoms with Crippen LogP contribution in [-0.2, 0) is 9.53 Å². The first-order valence-corrected chi connectivity index (χ1v) is 4.25. The molecular formula is C9H7ClF2O3. The smallest absolute Gasteiger partial charge is 0.339 e. The number of methoxy groups -OCH3 is 1. The molecule has 1 unspecified atom stereocenters. The molecule has 0 radical (unpaired) electrons. The molecule has 0 saturated carbocycles. The number of rotatable bonds is 2. The molecule has 1 rings (SSSR count). The van der Waals surface area contributed by atoms with Crippen LogP contribution in [0.2, 0.25) is 5.02 Å². The maximum atomic E-state index is 12.9. The van der Waals surface area contributed by atoms with E-state index < -0.39 is 28.7 Å². The van der Waals surface area contributed by atoms with E-state index >= 15 is 0 Å². The molecule has 1 aromatic carbocycles. The first-order valence-electron chi connectivity index (χ1n) is 3.87. The third-order valence-corrected chi connectivity index (χ3v) is 2.14. The van der Waals surface area contributed by atoms with Crippen LogP contribution in [0, 0.1) is 11.6 Å². The third kappa shape index (κ3) is 2.43. The molecule has 1 atom stereocenters. The Balaban J connectivity index is 3.19. The van der Waals surface area contributed by atoms with Gasteiger partial charge in [0.05, 0.1) is 12.1 Å². The van der Waals surface area contributed by atoms with Gasteiger partial charge in [0, 0.05) is 11.6 Å². The van der Waals surface area contributed by atoms with Crippen molar-refractivity contribution in [1.82, 2.24) is 0 Å². The van der Waals surface area contributed by atoms with E-state index in [4.69, 9.17) is 11.6 Å². The molecule has 0 heterocycles. The van der Waals surface area contributed by atoms with Gasteiger partial charge in [-0.15, -0.1) is 0 Å². The number of aliphatic hydroxyl groups excluding tert-OH is 1. The fourth-order valence-corrected chi connectivity index (χ4v) is 1.23. The van der Waals surface area contributed by atoms with Crippen LogP contribution in [0.25, 0.3) is 0 Å². The number of hydrogen-bond acceptors (Lipinski definition) is 3. The van der Waals surface area contributed by atoms with Gasteiger partial charge in [-0.1, -0.05) is 11.6 Å². The van der Waals surface area contributed by atoms with Gasteiger partial charge >= 0.3 is 5.97 Å². The maximum Gasteiger partial charge on any atom is 0.339 e. The van der Waals surface area contributed by atoms with Crippen molar-refractivity contribution < 1.29 is 23.4 Å². The van der Waals surface area contributed by atoms with Crippen LogP contribution in [0.15, 0.2) is 12.1 Å². The number of carbonyl (C=O) groups is 1. The fraction of sp³-hybridized carbons (Fsp3) is 0.222. The van der Waals surface area contributed by atoms with Crippen LogP contribution < -0.4 is 0 Å². The van der Waals surface area contributed by atoms with Gasteiger partial charge in [-0.25, -0.2) is 13.6 Å². The molecule has 0 aliphatic heterocycles. The van der Waals surface area contributed by atoms with E-state index in [9.17, 15) is 18.7 Å². The minimum absolute atomic E-state index is 0.360. The van der Waals surface area contributed by atoms with E-state index in [1.165, 1.54) is 0 Å². The largest absolute Gasteiger partial charge is 0.467 e. The Labute approximate surface area is 89.2 Å². The SMILES string of the molecule is COC(=O)C(O)c1cc(F)cc(F)c1Cl. The average Bonchev–Trinajstić information content (AvgIpc) is 2.21. The van der Waals surface area contributed by atoms with Crippen molar-refractivity contribution in [2.24, 2.45) is 0 Å². The van der Waals surface area contributed by atoms with Crippen LogP contribution in [0.3, 0.4) is 0 Å². The van der Waals surface area contributed by atoms with Gasteiger partial charge in [0.25, 0.3) is 0 Å². The summed E-state index contributed by atoms with van der Waals surface area (Å²) in [6.07, 6.45) is -1.80. The number of ether oxygens (including phenoxy) is 1. The van der Waals surface area contributed by atoms with Crippen molar-refractivity contribution in [3.63, 3.8) is 0 Å². The minimum Gasteiger partial charge on any atom is -0.467 e. The van der Waals surface area contributed by atoms with E-state index in [0.717, 1.165) is 13.2 Å². The maximum absolute atomic E-state index is 12.9. The van der Waals surface area contributed by atoms with Crippen molar-refractivity contribution in [2.45, 2.75) is 6.10 Å². The molecule has 0 fully saturated rings. The van der Waals surface area contributed by atoms with Crippen LogP contribution >= 0.6 is 11.6 Å². The highest BCUT2D eigenvalue weighted by Crippen LogP contribution is 2.27. The molecule has 0 bridgehead atoms. The zero-order chi connectivity index (χ0) is 11.6. The van der Waals surface area contributed by atoms with E-state index in [1.807, 2.05) is 0 Å². The number of benzene rings is 1. The predicted molar refractivity (Wildman–Crippen MR) is 48.3 cm³/mol. The number of aliphatic hydroxyl groups is 1. The van der Waals surface area contributed by atoms with Gasteiger partial charge in [0.2, 0.25) is 0 Å². The Kier molecular flexibility index (Phi) is 3.60. The van der Waals surface area contributed by atoms with Crippen LogP contribution in [0.1, 0.15) is 11.7 Å². The number of esters is 1. The van der Waals surface area contributed by atoms with Gasteiger partial charge in [-0.05, 0) is 6.07 Å². The molecule has 3 nitrogen and oxygen atoms in total. The first kappa shape index (κ1) is 11.9. The molecule has 0 saturated heterocycles. The molecule has 82 valence electrons. The highest BCUT2D eigenvalue weighted by atomic mass is 35.5. The molecule has 6 heteroatoms. The lowest BCUT2D eigenvalue weighted by atomic mass is 10.1. The van der Waals surface area contributed by atoms with E-state index in [0.29, 0.717) is 6.07 Å². The normalized spacial score (nSPS) is 12.3. The summed E-state index contributed by atoms with van der Waals surface area (Å²) in [6, 6.07) is 1.32. The van der Waals surface area contributed by atoms with Crippen LogP contribution in [-0.4, -0.2) is 18.2 Å². The second-order valence-electron chi connectivity index (χ2n) is 2.72. The van der Waals surface area contributed by atoms with Gasteiger partial charge < -0.3 is 9.84 Å². The van der Waals surface area contributed by atoms with Gasteiger partial charge in [-0.3, -0.25) is 0 Å². The second kappa shape index (κ2) is 4.55. The number of halogens is 3. The van der Waals surface area contributed by atoms with E-state index in [2.05, 4.69) is 4.74 Å². The predicted octanol–water partition coefficient (Wildman–Crippen LogP) is 1.82. The number of hydrogen-bond donors (Lipinski definition) is 1. The quantitative estimate of drug-likeness (QED) is 0.629. The average molecular weight is 237 g/mol. The molecule has 0 aromatic heterocycles. The fourth-order valence-electron chi connectivity index (χ4n) is 1.01. The summed E-state index contributed by atoms with van der Waals surface area (Å²) in [7, 11) is 1.04. The van der Waals surface area contributed by atoms with E-state index in [1.54, 1.807) is 0 Å². The lowest BCUT2D eigenvalue weighted by molar-refractivity contribution is -0.150. The molecule has 1 N–H and O–H groups in total. The van der Waals surface area contributed by atoms with Gasteiger partial charge in [0.15, 0.2) is 6.10 Å². The molecule has 0 aliphatic rings. The molecule has 0 amide bonds. The Hall–Kier alpha value is -1.20. The summed E-state index contributed by atoms with van der Waals surface area (Å²) in [6.45, 7) is 0. The van der Waals surface area contributed by atoms with Gasteiger partial charge in [-0.2, -0.15) is 0 Å². The highest BCUT2D eigenvalue weighted by molar-refractivity contribution is 6.31. The van der Waals surface area contributed by atoms with Crippen molar-refractivity contribution in [3.8, 4) is 0 Å². The van der Waals surface area contributed by atoms with Crippen LogP contribution in [0.5, 0.6) is 0 Å². The standard InChI is InChI=1S/C9H7ClF2O3/c1-15-9(14)8(13)5-2-4(11)3-6(12)7(5)10/h2-3,8,13H,1H3. The zero-order valence-electron chi connectivity index (χ0n) is 7.63. The van der Waals surface area contributed by atoms with E-state index in [-0.39, 0.29) is 5.56 Å². The van der Waals surface area contributed by atoms with Crippen molar-refractivity contribution in [1.29, 1.82) is 0 Å². The molecular weight excluding hydrogens is 230 g/mol. The van der Waals surface area contributed by atoms with Gasteiger partial charge in [0.1, 0.15) is 11.6 Å². The third-order valence-electron chi connectivity index (χ3n) is 1.74. The zero-order valence-corrected chi connectivity index (χ0v) is 8.39. The summed E-state index contributed by atoms with van der Waals surface area (Å²) in [4.78, 5) is 10.9. The van der Waals surface area contributed by atoms with Crippen molar-refractivity contribution >= 4 is 17.6 Å². The van der Waals surface area contributed by atoms with Crippen molar-refractivity contribution in [3.05, 3.63) is 34.4 Å². The topological polar surface area (TPSA) is 46.5 Å². The Bertz CT molecular complexity index is 395. The summed E-state index contributed by atoms with van der Waals surface area (Å²) in [5, 5.41) is 8.82. The summed E-state index contributed by atoms with van der Waals surface area (Å²) < 4.78 is 29.9. The lowest BCUT2D eigenvalue weighted by Gasteiger charge is -2.10. The molecule has 1 aromatic rings. The Morgan fingerprint density at radius 1 is 1.53 bits per heavy atom. The monoisotopic (exact) mass is 236 g/mol. The highest BCUT2D eigenvalue weighted by Gasteiger charge is 2.23. The second-order valence-corrected chi connectivity index (χ2v) is 3.09. The summed E-state index contributed by atoms with van der Waals surface area (Å²) >= 11 is 5.45. The van der Waals surface area contributed by atoms with Crippen LogP contribution in [0.4, 0.5) is 8.78 Å². The van der Waals surface area contributed by atoms with Crippen molar-refractivity contribution in [2.75, 3.05) is 7.11 Å². The number of carbonyl (C=O) groups excluding carboxylic acids is 1. The molecule has 0 aliphatic carbocycles. The molecule has 0 spiro atoms. The molecule has 15 heavy (non-hydrogen) atoms. The Morgan fingerprint density at radius 2 is 2.13 bits per heavy atom.